The molecule has 0 radical (unpaired) electrons. The molecule has 0 aromatic heterocycles. The second-order valence-electron chi connectivity index (χ2n) is 5.63. The van der Waals surface area contributed by atoms with Gasteiger partial charge in [0.05, 0.1) is 12.2 Å². The summed E-state index contributed by atoms with van der Waals surface area (Å²) in [6.07, 6.45) is 1.83. The minimum atomic E-state index is -0.405. The van der Waals surface area contributed by atoms with Crippen LogP contribution in [0, 0.1) is 11.7 Å². The Kier molecular flexibility index (Phi) is 4.24. The predicted molar refractivity (Wildman–Crippen MR) is 84.8 cm³/mol. The van der Waals surface area contributed by atoms with Gasteiger partial charge < -0.3 is 4.74 Å². The highest BCUT2D eigenvalue weighted by Gasteiger charge is 2.30. The van der Waals surface area contributed by atoms with Crippen molar-refractivity contribution in [3.05, 3.63) is 59.4 Å². The quantitative estimate of drug-likeness (QED) is 0.612. The largest absolute Gasteiger partial charge is 0.462 e. The molecule has 1 saturated carbocycles. The lowest BCUT2D eigenvalue weighted by atomic mass is 9.98. The third kappa shape index (κ3) is 3.31. The van der Waals surface area contributed by atoms with Gasteiger partial charge in [-0.1, -0.05) is 12.1 Å². The van der Waals surface area contributed by atoms with Crippen LogP contribution in [0.3, 0.4) is 0 Å². The molecule has 0 N–H and O–H groups in total. The lowest BCUT2D eigenvalue weighted by Gasteiger charge is -2.08. The molecule has 0 aliphatic heterocycles. The van der Waals surface area contributed by atoms with Gasteiger partial charge in [0.2, 0.25) is 0 Å². The third-order valence-electron chi connectivity index (χ3n) is 3.91. The first-order valence-corrected chi connectivity index (χ1v) is 7.71. The fourth-order valence-electron chi connectivity index (χ4n) is 2.48. The number of benzene rings is 2. The SMILES string of the molecule is CCOC(=O)c1ccc(-c2cc(C(=O)C3CC3)ccc2F)cc1. The van der Waals surface area contributed by atoms with Crippen molar-refractivity contribution in [2.24, 2.45) is 5.92 Å². The summed E-state index contributed by atoms with van der Waals surface area (Å²) < 4.78 is 19.0. The van der Waals surface area contributed by atoms with E-state index in [9.17, 15) is 14.0 Å². The van der Waals surface area contributed by atoms with Crippen molar-refractivity contribution < 1.29 is 18.7 Å². The molecule has 0 spiro atoms. The maximum atomic E-state index is 14.1. The van der Waals surface area contributed by atoms with Gasteiger partial charge in [-0.2, -0.15) is 0 Å². The Balaban J connectivity index is 1.89. The Morgan fingerprint density at radius 3 is 2.35 bits per heavy atom. The van der Waals surface area contributed by atoms with Gasteiger partial charge in [0.15, 0.2) is 5.78 Å². The Labute approximate surface area is 134 Å². The molecule has 0 bridgehead atoms. The second-order valence-corrected chi connectivity index (χ2v) is 5.63. The Morgan fingerprint density at radius 2 is 1.74 bits per heavy atom. The highest BCUT2D eigenvalue weighted by Crippen LogP contribution is 2.34. The van der Waals surface area contributed by atoms with Crippen molar-refractivity contribution in [2.45, 2.75) is 19.8 Å². The van der Waals surface area contributed by atoms with Crippen LogP contribution in [0.5, 0.6) is 0 Å². The Hall–Kier alpha value is -2.49. The summed E-state index contributed by atoms with van der Waals surface area (Å²) in [7, 11) is 0. The maximum absolute atomic E-state index is 14.1. The molecule has 2 aromatic carbocycles. The Morgan fingerprint density at radius 1 is 1.09 bits per heavy atom. The molecule has 1 fully saturated rings. The number of esters is 1. The van der Waals surface area contributed by atoms with Gasteiger partial charge in [-0.25, -0.2) is 9.18 Å². The summed E-state index contributed by atoms with van der Waals surface area (Å²) in [5.74, 6) is -0.618. The van der Waals surface area contributed by atoms with Crippen molar-refractivity contribution >= 4 is 11.8 Å². The van der Waals surface area contributed by atoms with Gasteiger partial charge in [0.1, 0.15) is 5.82 Å². The number of carbonyl (C=O) groups excluding carboxylic acids is 2. The van der Waals surface area contributed by atoms with E-state index in [1.807, 2.05) is 0 Å². The number of hydrogen-bond acceptors (Lipinski definition) is 3. The molecule has 0 unspecified atom stereocenters. The van der Waals surface area contributed by atoms with Crippen LogP contribution in [0.15, 0.2) is 42.5 Å². The van der Waals surface area contributed by atoms with E-state index in [0.717, 1.165) is 12.8 Å². The van der Waals surface area contributed by atoms with Crippen LogP contribution in [-0.4, -0.2) is 18.4 Å². The van der Waals surface area contributed by atoms with Crippen LogP contribution in [0.25, 0.3) is 11.1 Å². The molecular formula is C19H17FO3. The van der Waals surface area contributed by atoms with Gasteiger partial charge in [-0.3, -0.25) is 4.79 Å². The summed E-state index contributed by atoms with van der Waals surface area (Å²) >= 11 is 0. The van der Waals surface area contributed by atoms with Gasteiger partial charge in [0.25, 0.3) is 0 Å². The molecular weight excluding hydrogens is 295 g/mol. The summed E-state index contributed by atoms with van der Waals surface area (Å²) in [4.78, 5) is 23.8. The molecule has 3 nitrogen and oxygen atoms in total. The monoisotopic (exact) mass is 312 g/mol. The van der Waals surface area contributed by atoms with Crippen LogP contribution in [0.1, 0.15) is 40.5 Å². The number of halogens is 1. The summed E-state index contributed by atoms with van der Waals surface area (Å²) in [5, 5.41) is 0. The number of rotatable bonds is 5. The summed E-state index contributed by atoms with van der Waals surface area (Å²) in [5.41, 5.74) is 1.95. The van der Waals surface area contributed by atoms with E-state index >= 15 is 0 Å². The van der Waals surface area contributed by atoms with Gasteiger partial charge in [-0.05, 0) is 55.7 Å². The van der Waals surface area contributed by atoms with E-state index in [1.54, 1.807) is 37.3 Å². The zero-order chi connectivity index (χ0) is 16.4. The predicted octanol–water partition coefficient (Wildman–Crippen LogP) is 4.26. The third-order valence-corrected chi connectivity index (χ3v) is 3.91. The highest BCUT2D eigenvalue weighted by atomic mass is 19.1. The van der Waals surface area contributed by atoms with Crippen molar-refractivity contribution in [3.8, 4) is 11.1 Å². The van der Waals surface area contributed by atoms with Crippen LogP contribution in [0.2, 0.25) is 0 Å². The lowest BCUT2D eigenvalue weighted by Crippen LogP contribution is -2.04. The first-order chi connectivity index (χ1) is 11.1. The molecule has 0 amide bonds. The average Bonchev–Trinajstić information content (AvgIpc) is 3.40. The van der Waals surface area contributed by atoms with E-state index in [-0.39, 0.29) is 17.5 Å². The normalized spacial score (nSPS) is 13.7. The average molecular weight is 312 g/mol. The highest BCUT2D eigenvalue weighted by molar-refractivity contribution is 6.00. The minimum absolute atomic E-state index is 0.0781. The minimum Gasteiger partial charge on any atom is -0.462 e. The van der Waals surface area contributed by atoms with Crippen LogP contribution in [-0.2, 0) is 4.74 Å². The summed E-state index contributed by atoms with van der Waals surface area (Å²) in [6.45, 7) is 2.05. The molecule has 2 aromatic rings. The molecule has 0 atom stereocenters. The van der Waals surface area contributed by atoms with Gasteiger partial charge >= 0.3 is 5.97 Å². The standard InChI is InChI=1S/C19H17FO3/c1-2-23-19(22)14-7-3-12(4-8-14)16-11-15(9-10-17(16)20)18(21)13-5-6-13/h3-4,7-11,13H,2,5-6H2,1H3. The van der Waals surface area contributed by atoms with E-state index < -0.39 is 5.97 Å². The first kappa shape index (κ1) is 15.4. The van der Waals surface area contributed by atoms with E-state index in [1.165, 1.54) is 12.1 Å². The lowest BCUT2D eigenvalue weighted by molar-refractivity contribution is 0.0526. The van der Waals surface area contributed by atoms with Crippen molar-refractivity contribution in [1.29, 1.82) is 0 Å². The van der Waals surface area contributed by atoms with Crippen LogP contribution >= 0.6 is 0 Å². The fourth-order valence-corrected chi connectivity index (χ4v) is 2.48. The molecule has 1 aliphatic carbocycles. The summed E-state index contributed by atoms with van der Waals surface area (Å²) in [6, 6.07) is 11.0. The number of ketones is 1. The van der Waals surface area contributed by atoms with E-state index in [2.05, 4.69) is 0 Å². The first-order valence-electron chi connectivity index (χ1n) is 7.71. The van der Waals surface area contributed by atoms with E-state index in [0.29, 0.717) is 28.9 Å². The van der Waals surface area contributed by atoms with Gasteiger partial charge in [-0.15, -0.1) is 0 Å². The number of carbonyl (C=O) groups is 2. The van der Waals surface area contributed by atoms with Crippen molar-refractivity contribution in [2.75, 3.05) is 6.61 Å². The molecule has 1 aliphatic rings. The van der Waals surface area contributed by atoms with Crippen LogP contribution in [0.4, 0.5) is 4.39 Å². The molecule has 118 valence electrons. The maximum Gasteiger partial charge on any atom is 0.338 e. The number of ether oxygens (including phenoxy) is 1. The number of hydrogen-bond donors (Lipinski definition) is 0. The van der Waals surface area contributed by atoms with Crippen molar-refractivity contribution in [3.63, 3.8) is 0 Å². The van der Waals surface area contributed by atoms with Gasteiger partial charge in [0, 0.05) is 17.0 Å². The molecule has 0 heterocycles. The second kappa shape index (κ2) is 6.32. The Bertz CT molecular complexity index is 746. The zero-order valence-corrected chi connectivity index (χ0v) is 12.8. The van der Waals surface area contributed by atoms with Crippen molar-refractivity contribution in [1.82, 2.24) is 0 Å². The topological polar surface area (TPSA) is 43.4 Å². The smallest absolute Gasteiger partial charge is 0.338 e. The molecule has 23 heavy (non-hydrogen) atoms. The van der Waals surface area contributed by atoms with Crippen LogP contribution < -0.4 is 0 Å². The fraction of sp³-hybridized carbons (Fsp3) is 0.263. The molecule has 4 heteroatoms. The number of Topliss-reactive ketones (excluding diaryl/α,β-unsaturated/α-hetero) is 1. The van der Waals surface area contributed by atoms with E-state index in [4.69, 9.17) is 4.74 Å². The molecule has 0 saturated heterocycles. The molecule has 3 rings (SSSR count). The zero-order valence-electron chi connectivity index (χ0n) is 12.8.